The minimum atomic E-state index is -3.04. The number of sulfone groups is 1. The predicted octanol–water partition coefficient (Wildman–Crippen LogP) is 0.372. The van der Waals surface area contributed by atoms with E-state index in [1.54, 1.807) is 6.07 Å². The van der Waals surface area contributed by atoms with E-state index in [1.807, 2.05) is 0 Å². The molecule has 4 nitrogen and oxygen atoms in total. The highest BCUT2D eigenvalue weighted by Crippen LogP contribution is 2.27. The highest BCUT2D eigenvalue weighted by Gasteiger charge is 2.40. The van der Waals surface area contributed by atoms with Crippen LogP contribution in [0.4, 0.5) is 0 Å². The van der Waals surface area contributed by atoms with Crippen LogP contribution in [0.15, 0.2) is 23.0 Å². The summed E-state index contributed by atoms with van der Waals surface area (Å²) >= 11 is 0. The maximum absolute atomic E-state index is 11.2. The Balaban J connectivity index is 2.12. The summed E-state index contributed by atoms with van der Waals surface area (Å²) in [6.45, 7) is 0. The normalized spacial score (nSPS) is 30.6. The van der Waals surface area contributed by atoms with Gasteiger partial charge in [0.25, 0.3) is 0 Å². The van der Waals surface area contributed by atoms with Crippen LogP contribution < -0.4 is 0 Å². The van der Waals surface area contributed by atoms with Crippen LogP contribution in [-0.4, -0.2) is 30.6 Å². The molecule has 0 aliphatic carbocycles. The zero-order chi connectivity index (χ0) is 10.2. The monoisotopic (exact) mass is 216 g/mol. The van der Waals surface area contributed by atoms with Crippen molar-refractivity contribution in [3.8, 4) is 0 Å². The van der Waals surface area contributed by atoms with Gasteiger partial charge >= 0.3 is 0 Å². The molecule has 0 saturated carbocycles. The molecule has 0 bridgehead atoms. The Morgan fingerprint density at radius 3 is 2.86 bits per heavy atom. The second kappa shape index (κ2) is 3.10. The molecule has 1 atom stereocenters. The van der Waals surface area contributed by atoms with E-state index < -0.39 is 15.4 Å². The Morgan fingerprint density at radius 2 is 2.36 bits per heavy atom. The molecule has 1 saturated heterocycles. The van der Waals surface area contributed by atoms with Gasteiger partial charge in [0.15, 0.2) is 9.84 Å². The Morgan fingerprint density at radius 1 is 1.57 bits per heavy atom. The third-order valence-electron chi connectivity index (χ3n) is 2.48. The number of aliphatic hydroxyl groups is 1. The molecule has 1 aliphatic heterocycles. The lowest BCUT2D eigenvalue weighted by atomic mass is 9.96. The van der Waals surface area contributed by atoms with Crippen LogP contribution in [0.25, 0.3) is 0 Å². The van der Waals surface area contributed by atoms with Gasteiger partial charge in [-0.25, -0.2) is 8.42 Å². The van der Waals surface area contributed by atoms with Crippen molar-refractivity contribution < 1.29 is 17.9 Å². The summed E-state index contributed by atoms with van der Waals surface area (Å²) < 4.78 is 27.2. The van der Waals surface area contributed by atoms with Crippen molar-refractivity contribution in [2.75, 3.05) is 11.5 Å². The van der Waals surface area contributed by atoms with E-state index in [1.165, 1.54) is 12.5 Å². The van der Waals surface area contributed by atoms with Crippen molar-refractivity contribution in [2.24, 2.45) is 0 Å². The molecule has 1 aromatic heterocycles. The zero-order valence-corrected chi connectivity index (χ0v) is 8.46. The largest absolute Gasteiger partial charge is 0.472 e. The van der Waals surface area contributed by atoms with Gasteiger partial charge in [-0.2, -0.15) is 0 Å². The summed E-state index contributed by atoms with van der Waals surface area (Å²) in [5.41, 5.74) is -0.257. The maximum atomic E-state index is 11.2. The topological polar surface area (TPSA) is 67.5 Å². The first-order valence-electron chi connectivity index (χ1n) is 4.43. The average molecular weight is 216 g/mol. The van der Waals surface area contributed by atoms with Crippen molar-refractivity contribution in [2.45, 2.75) is 18.4 Å². The lowest BCUT2D eigenvalue weighted by molar-refractivity contribution is 0.0680. The molecule has 1 aliphatic rings. The molecule has 0 spiro atoms. The second-order valence-corrected chi connectivity index (χ2v) is 6.06. The number of hydrogen-bond donors (Lipinski definition) is 1. The minimum absolute atomic E-state index is 0.0847. The Bertz CT molecular complexity index is 406. The molecule has 0 aromatic carbocycles. The van der Waals surface area contributed by atoms with Gasteiger partial charge in [-0.1, -0.05) is 0 Å². The van der Waals surface area contributed by atoms with Crippen molar-refractivity contribution in [3.63, 3.8) is 0 Å². The number of hydrogen-bond acceptors (Lipinski definition) is 4. The lowest BCUT2D eigenvalue weighted by Crippen LogP contribution is -2.32. The first-order chi connectivity index (χ1) is 6.49. The van der Waals surface area contributed by atoms with E-state index in [0.29, 0.717) is 12.8 Å². The molecule has 0 radical (unpaired) electrons. The fourth-order valence-electron chi connectivity index (χ4n) is 1.81. The maximum Gasteiger partial charge on any atom is 0.153 e. The number of rotatable bonds is 2. The smallest absolute Gasteiger partial charge is 0.153 e. The summed E-state index contributed by atoms with van der Waals surface area (Å²) in [5, 5.41) is 9.98. The molecule has 1 fully saturated rings. The highest BCUT2D eigenvalue weighted by molar-refractivity contribution is 7.91. The summed E-state index contributed by atoms with van der Waals surface area (Å²) in [6.07, 6.45) is 3.72. The van der Waals surface area contributed by atoms with Crippen LogP contribution in [0, 0.1) is 0 Å². The van der Waals surface area contributed by atoms with E-state index in [4.69, 9.17) is 4.42 Å². The van der Waals surface area contributed by atoms with Crippen LogP contribution in [-0.2, 0) is 16.3 Å². The van der Waals surface area contributed by atoms with Gasteiger partial charge in [0, 0.05) is 6.42 Å². The fraction of sp³-hybridized carbons (Fsp3) is 0.556. The predicted molar refractivity (Wildman–Crippen MR) is 50.6 cm³/mol. The van der Waals surface area contributed by atoms with Gasteiger partial charge < -0.3 is 9.52 Å². The molecule has 2 rings (SSSR count). The lowest BCUT2D eigenvalue weighted by Gasteiger charge is -2.19. The molecule has 14 heavy (non-hydrogen) atoms. The van der Waals surface area contributed by atoms with Crippen molar-refractivity contribution in [1.29, 1.82) is 0 Å². The average Bonchev–Trinajstić information content (AvgIpc) is 2.60. The second-order valence-electron chi connectivity index (χ2n) is 3.87. The van der Waals surface area contributed by atoms with E-state index >= 15 is 0 Å². The summed E-state index contributed by atoms with van der Waals surface area (Å²) in [7, 11) is -3.04. The van der Waals surface area contributed by atoms with Crippen LogP contribution in [0.2, 0.25) is 0 Å². The Labute approximate surface area is 82.5 Å². The summed E-state index contributed by atoms with van der Waals surface area (Å²) in [6, 6.07) is 1.74. The molecule has 1 unspecified atom stereocenters. The molecule has 1 aromatic rings. The third kappa shape index (κ3) is 1.99. The van der Waals surface area contributed by atoms with Gasteiger partial charge in [0.2, 0.25) is 0 Å². The highest BCUT2D eigenvalue weighted by atomic mass is 32.2. The van der Waals surface area contributed by atoms with Gasteiger partial charge in [-0.05, 0) is 18.1 Å². The first-order valence-corrected chi connectivity index (χ1v) is 6.25. The first kappa shape index (κ1) is 9.73. The Kier molecular flexibility index (Phi) is 2.16. The zero-order valence-electron chi connectivity index (χ0n) is 7.64. The quantitative estimate of drug-likeness (QED) is 0.775. The molecular weight excluding hydrogens is 204 g/mol. The van der Waals surface area contributed by atoms with Crippen LogP contribution in [0.1, 0.15) is 12.0 Å². The van der Waals surface area contributed by atoms with Crippen molar-refractivity contribution in [3.05, 3.63) is 24.2 Å². The summed E-state index contributed by atoms with van der Waals surface area (Å²) in [5.74, 6) is -0.0491. The molecule has 0 amide bonds. The molecule has 2 heterocycles. The van der Waals surface area contributed by atoms with Crippen LogP contribution >= 0.6 is 0 Å². The molecule has 5 heteroatoms. The van der Waals surface area contributed by atoms with Gasteiger partial charge in [0.1, 0.15) is 0 Å². The van der Waals surface area contributed by atoms with E-state index in [9.17, 15) is 13.5 Å². The van der Waals surface area contributed by atoms with Crippen molar-refractivity contribution >= 4 is 9.84 Å². The van der Waals surface area contributed by atoms with Crippen molar-refractivity contribution in [1.82, 2.24) is 0 Å². The van der Waals surface area contributed by atoms with E-state index in [-0.39, 0.29) is 11.5 Å². The summed E-state index contributed by atoms with van der Waals surface area (Å²) in [4.78, 5) is 0. The van der Waals surface area contributed by atoms with Gasteiger partial charge in [0.05, 0.1) is 29.6 Å². The molecular formula is C9H12O4S. The SMILES string of the molecule is O=S1(=O)CCC(O)(Cc2ccoc2)C1. The fourth-order valence-corrected chi connectivity index (χ4v) is 3.71. The van der Waals surface area contributed by atoms with Gasteiger partial charge in [-0.3, -0.25) is 0 Å². The third-order valence-corrected chi connectivity index (χ3v) is 4.28. The molecule has 78 valence electrons. The number of furan rings is 1. The van der Waals surface area contributed by atoms with Crippen LogP contribution in [0.5, 0.6) is 0 Å². The molecule has 1 N–H and O–H groups in total. The minimum Gasteiger partial charge on any atom is -0.472 e. The Hall–Kier alpha value is -0.810. The van der Waals surface area contributed by atoms with Crippen LogP contribution in [0.3, 0.4) is 0 Å². The van der Waals surface area contributed by atoms with Gasteiger partial charge in [-0.15, -0.1) is 0 Å². The van der Waals surface area contributed by atoms with E-state index in [0.717, 1.165) is 5.56 Å². The standard InChI is InChI=1S/C9H12O4S/c10-9(2-4-14(11,12)7-9)5-8-1-3-13-6-8/h1,3,6,10H,2,4-5,7H2. The van der Waals surface area contributed by atoms with E-state index in [2.05, 4.69) is 0 Å².